The lowest BCUT2D eigenvalue weighted by atomic mass is 10.2. The van der Waals surface area contributed by atoms with Crippen molar-refractivity contribution in [1.29, 1.82) is 0 Å². The van der Waals surface area contributed by atoms with Gasteiger partial charge in [0, 0.05) is 0 Å². The topological polar surface area (TPSA) is 53.7 Å². The summed E-state index contributed by atoms with van der Waals surface area (Å²) in [6, 6.07) is 0. The van der Waals surface area contributed by atoms with Gasteiger partial charge in [-0.2, -0.15) is 5.84 Å². The minimum absolute atomic E-state index is 0.769. The number of piperazine rings is 1. The molecule has 78 valence electrons. The molecule has 0 aromatic heterocycles. The summed E-state index contributed by atoms with van der Waals surface area (Å²) in [4.78, 5) is 0. The Kier molecular flexibility index (Phi) is 3.29. The molecule has 1 heterocycles. The van der Waals surface area contributed by atoms with Crippen LogP contribution in [0, 0.1) is 0 Å². The molecule has 0 spiro atoms. The van der Waals surface area contributed by atoms with Crippen molar-refractivity contribution in [1.82, 2.24) is 0 Å². The third kappa shape index (κ3) is 2.64. The van der Waals surface area contributed by atoms with E-state index in [0.29, 0.717) is 0 Å². The van der Waals surface area contributed by atoms with E-state index in [2.05, 4.69) is 19.7 Å². The van der Waals surface area contributed by atoms with Crippen LogP contribution < -0.4 is 11.6 Å². The van der Waals surface area contributed by atoms with Crippen LogP contribution in [0.3, 0.4) is 0 Å². The van der Waals surface area contributed by atoms with Crippen molar-refractivity contribution in [3.05, 3.63) is 0 Å². The maximum atomic E-state index is 6.19. The van der Waals surface area contributed by atoms with Crippen LogP contribution in [0.15, 0.2) is 0 Å². The molecule has 1 fully saturated rings. The Morgan fingerprint density at radius 3 is 2.15 bits per heavy atom. The van der Waals surface area contributed by atoms with Crippen molar-refractivity contribution in [3.63, 3.8) is 0 Å². The molecule has 0 saturated carbocycles. The second-order valence-corrected chi connectivity index (χ2v) is 4.63. The minimum Gasteiger partial charge on any atom is -0.353 e. The van der Waals surface area contributed by atoms with E-state index in [-0.39, 0.29) is 0 Å². The first-order valence-corrected chi connectivity index (χ1v) is 5.31. The van der Waals surface area contributed by atoms with Crippen LogP contribution >= 0.6 is 0 Å². The third-order valence-electron chi connectivity index (χ3n) is 3.50. The van der Waals surface area contributed by atoms with E-state index < -0.39 is 0 Å². The van der Waals surface area contributed by atoms with E-state index in [0.717, 1.165) is 30.8 Å². The SMILES string of the molecule is CC[N+]1(N)CC[N+](C)(CC[NH3+])CC1. The number of hydrogen-bond acceptors (Lipinski definition) is 1. The van der Waals surface area contributed by atoms with Gasteiger partial charge < -0.3 is 10.2 Å². The number of hydrogen-bond donors (Lipinski definition) is 2. The van der Waals surface area contributed by atoms with E-state index in [1.54, 1.807) is 0 Å². The van der Waals surface area contributed by atoms with Crippen molar-refractivity contribution in [2.24, 2.45) is 5.84 Å². The predicted molar refractivity (Wildman–Crippen MR) is 53.3 cm³/mol. The molecule has 0 aliphatic carbocycles. The van der Waals surface area contributed by atoms with Gasteiger partial charge >= 0.3 is 0 Å². The minimum atomic E-state index is 0.769. The van der Waals surface area contributed by atoms with Crippen LogP contribution in [0.5, 0.6) is 0 Å². The molecule has 0 atom stereocenters. The number of likely N-dealkylation sites (N-methyl/N-ethyl adjacent to an activating group) is 2. The molecule has 13 heavy (non-hydrogen) atoms. The summed E-state index contributed by atoms with van der Waals surface area (Å²) in [7, 11) is 2.32. The van der Waals surface area contributed by atoms with Crippen molar-refractivity contribution in [2.75, 3.05) is 52.9 Å². The zero-order valence-corrected chi connectivity index (χ0v) is 9.13. The Morgan fingerprint density at radius 2 is 1.77 bits per heavy atom. The van der Waals surface area contributed by atoms with Gasteiger partial charge in [-0.15, -0.1) is 0 Å². The Hall–Kier alpha value is -0.160. The molecule has 1 aliphatic heterocycles. The fourth-order valence-electron chi connectivity index (χ4n) is 2.03. The Morgan fingerprint density at radius 1 is 1.23 bits per heavy atom. The third-order valence-corrected chi connectivity index (χ3v) is 3.50. The van der Waals surface area contributed by atoms with Crippen LogP contribution in [0.4, 0.5) is 0 Å². The van der Waals surface area contributed by atoms with E-state index in [1.807, 2.05) is 0 Å². The van der Waals surface area contributed by atoms with Crippen LogP contribution in [0.2, 0.25) is 0 Å². The Bertz CT molecular complexity index is 161. The molecule has 0 amide bonds. The van der Waals surface area contributed by atoms with Gasteiger partial charge in [-0.3, -0.25) is 0 Å². The van der Waals surface area contributed by atoms with Crippen molar-refractivity contribution in [3.8, 4) is 0 Å². The van der Waals surface area contributed by atoms with Gasteiger partial charge in [-0.1, -0.05) is 0 Å². The Labute approximate surface area is 81.2 Å². The maximum absolute atomic E-state index is 6.19. The number of nitrogens with zero attached hydrogens (tertiary/aromatic N) is 2. The highest BCUT2D eigenvalue weighted by molar-refractivity contribution is 4.48. The number of nitrogens with two attached hydrogens (primary N) is 1. The van der Waals surface area contributed by atoms with Crippen LogP contribution in [-0.4, -0.2) is 61.9 Å². The summed E-state index contributed by atoms with van der Waals surface area (Å²) in [5.41, 5.74) is 3.93. The lowest BCUT2D eigenvalue weighted by Crippen LogP contribution is -2.70. The lowest BCUT2D eigenvalue weighted by molar-refractivity contribution is -1.03. The molecular formula is C9H25N4+3. The fraction of sp³-hybridized carbons (Fsp3) is 1.00. The number of quaternary nitrogens is 3. The largest absolute Gasteiger partial charge is 0.353 e. The zero-order valence-electron chi connectivity index (χ0n) is 9.13. The average Bonchev–Trinajstić information content (AvgIpc) is 2.12. The van der Waals surface area contributed by atoms with Crippen molar-refractivity contribution in [2.45, 2.75) is 6.92 Å². The van der Waals surface area contributed by atoms with E-state index in [4.69, 9.17) is 5.84 Å². The van der Waals surface area contributed by atoms with Gasteiger partial charge in [-0.05, 0) is 6.92 Å². The zero-order chi connectivity index (χ0) is 9.95. The second-order valence-electron chi connectivity index (χ2n) is 4.63. The molecule has 0 aromatic rings. The van der Waals surface area contributed by atoms with Crippen LogP contribution in [0.1, 0.15) is 6.92 Å². The summed E-state index contributed by atoms with van der Waals surface area (Å²) >= 11 is 0. The van der Waals surface area contributed by atoms with Crippen LogP contribution in [-0.2, 0) is 0 Å². The normalized spacial score (nSPS) is 40.6. The summed E-state index contributed by atoms with van der Waals surface area (Å²) < 4.78 is 1.94. The first-order valence-electron chi connectivity index (χ1n) is 5.31. The quantitative estimate of drug-likeness (QED) is 0.408. The highest BCUT2D eigenvalue weighted by Crippen LogP contribution is 2.12. The molecule has 1 rings (SSSR count). The molecule has 0 radical (unpaired) electrons. The van der Waals surface area contributed by atoms with E-state index in [9.17, 15) is 0 Å². The molecule has 4 nitrogen and oxygen atoms in total. The molecule has 1 saturated heterocycles. The highest BCUT2D eigenvalue weighted by Gasteiger charge is 2.36. The van der Waals surface area contributed by atoms with Gasteiger partial charge in [-0.25, -0.2) is 4.59 Å². The van der Waals surface area contributed by atoms with E-state index >= 15 is 0 Å². The monoisotopic (exact) mass is 189 g/mol. The lowest BCUT2D eigenvalue weighted by Gasteiger charge is -2.44. The molecule has 4 heteroatoms. The average molecular weight is 189 g/mol. The first kappa shape index (κ1) is 10.9. The summed E-state index contributed by atoms with van der Waals surface area (Å²) in [6.07, 6.45) is 0. The van der Waals surface area contributed by atoms with Gasteiger partial charge in [0.2, 0.25) is 0 Å². The van der Waals surface area contributed by atoms with Crippen LogP contribution in [0.25, 0.3) is 0 Å². The number of rotatable bonds is 3. The molecule has 0 aromatic carbocycles. The fourth-order valence-corrected chi connectivity index (χ4v) is 2.03. The predicted octanol–water partition coefficient (Wildman–Crippen LogP) is -1.60. The molecule has 0 bridgehead atoms. The molecule has 0 unspecified atom stereocenters. The van der Waals surface area contributed by atoms with Gasteiger partial charge in [0.1, 0.15) is 39.3 Å². The van der Waals surface area contributed by atoms with Gasteiger partial charge in [0.05, 0.1) is 13.6 Å². The summed E-state index contributed by atoms with van der Waals surface area (Å²) in [5.74, 6) is 6.19. The molecule has 5 N–H and O–H groups in total. The highest BCUT2D eigenvalue weighted by atomic mass is 15.6. The summed E-state index contributed by atoms with van der Waals surface area (Å²) in [6.45, 7) is 10.1. The molecular weight excluding hydrogens is 164 g/mol. The summed E-state index contributed by atoms with van der Waals surface area (Å²) in [5, 5.41) is 0. The maximum Gasteiger partial charge on any atom is 0.146 e. The van der Waals surface area contributed by atoms with E-state index in [1.165, 1.54) is 24.1 Å². The van der Waals surface area contributed by atoms with Crippen molar-refractivity contribution < 1.29 is 14.8 Å². The standard InChI is InChI=1S/C9H24N4/c1-3-13(11)8-6-12(2,5-4-10)7-9-13/h3-11H2,1-2H3/q+2/p+1. The Balaban J connectivity index is 2.46. The smallest absolute Gasteiger partial charge is 0.146 e. The van der Waals surface area contributed by atoms with Gasteiger partial charge in [0.15, 0.2) is 0 Å². The van der Waals surface area contributed by atoms with Crippen molar-refractivity contribution >= 4 is 0 Å². The first-order chi connectivity index (χ1) is 6.04. The molecule has 1 aliphatic rings. The second kappa shape index (κ2) is 3.92. The van der Waals surface area contributed by atoms with Gasteiger partial charge in [0.25, 0.3) is 0 Å².